The first-order chi connectivity index (χ1) is 16.2. The van der Waals surface area contributed by atoms with Crippen LogP contribution in [-0.2, 0) is 0 Å². The lowest BCUT2D eigenvalue weighted by molar-refractivity contribution is 0.157. The quantitative estimate of drug-likeness (QED) is 0.403. The van der Waals surface area contributed by atoms with E-state index >= 15 is 0 Å². The van der Waals surface area contributed by atoms with Crippen LogP contribution in [0, 0.1) is 11.8 Å². The molecule has 2 aromatic rings. The zero-order valence-electron chi connectivity index (χ0n) is 19.4. The first kappa shape index (κ1) is 22.5. The Labute approximate surface area is 201 Å². The lowest BCUT2D eigenvalue weighted by Gasteiger charge is -2.42. The van der Waals surface area contributed by atoms with Crippen LogP contribution in [0.25, 0.3) is 0 Å². The number of aromatic nitrogens is 3. The lowest BCUT2D eigenvalue weighted by Crippen LogP contribution is -2.40. The number of halogens is 1. The van der Waals surface area contributed by atoms with Crippen LogP contribution in [0.15, 0.2) is 18.2 Å². The maximum Gasteiger partial charge on any atom is 0.233 e. The molecule has 0 spiro atoms. The van der Waals surface area contributed by atoms with Crippen molar-refractivity contribution in [2.45, 2.75) is 82.7 Å². The van der Waals surface area contributed by atoms with E-state index in [2.05, 4.69) is 16.0 Å². The van der Waals surface area contributed by atoms with Gasteiger partial charge in [-0.05, 0) is 62.1 Å². The summed E-state index contributed by atoms with van der Waals surface area (Å²) >= 11 is 6.32. The minimum Gasteiger partial charge on any atom is -0.495 e. The smallest absolute Gasteiger partial charge is 0.233 e. The Morgan fingerprint density at radius 3 is 2.18 bits per heavy atom. The molecular weight excluding hydrogens is 436 g/mol. The maximum absolute atomic E-state index is 6.32. The summed E-state index contributed by atoms with van der Waals surface area (Å²) in [5, 5.41) is 11.1. The summed E-state index contributed by atoms with van der Waals surface area (Å²) in [4.78, 5) is 14.2. The molecule has 1 unspecified atom stereocenters. The van der Waals surface area contributed by atoms with E-state index in [9.17, 15) is 0 Å². The molecule has 6 rings (SSSR count). The zero-order chi connectivity index (χ0) is 22.6. The Hall–Kier alpha value is -2.28. The van der Waals surface area contributed by atoms with Gasteiger partial charge in [-0.1, -0.05) is 50.1 Å². The van der Waals surface area contributed by atoms with Gasteiger partial charge >= 0.3 is 0 Å². The predicted molar refractivity (Wildman–Crippen MR) is 134 cm³/mol. The molecule has 3 N–H and O–H groups in total. The van der Waals surface area contributed by atoms with Crippen molar-refractivity contribution in [2.75, 3.05) is 23.1 Å². The standard InChI is InChI=1S/C25H35ClN6O/c1-33-22-13-12-19(15-20(22)26)28-24-30-23(27-18-6-4-2-3-5-7-18)31-25(32-24)29-21-14-16-8-10-17(21)11-9-16/h12-13,15-18,21H,2-11,14H2,1H3,(H3,27,28,29,30,31,32). The van der Waals surface area contributed by atoms with Crippen LogP contribution in [0.5, 0.6) is 5.75 Å². The molecule has 1 aromatic heterocycles. The summed E-state index contributed by atoms with van der Waals surface area (Å²) in [6.45, 7) is 0. The highest BCUT2D eigenvalue weighted by atomic mass is 35.5. The molecule has 1 atom stereocenters. The Balaban J connectivity index is 1.37. The van der Waals surface area contributed by atoms with Crippen molar-refractivity contribution in [3.8, 4) is 5.75 Å². The third kappa shape index (κ3) is 5.62. The molecule has 178 valence electrons. The summed E-state index contributed by atoms with van der Waals surface area (Å²) in [5.41, 5.74) is 0.815. The minimum atomic E-state index is 0.414. The van der Waals surface area contributed by atoms with E-state index in [1.54, 1.807) is 7.11 Å². The Bertz CT molecular complexity index is 940. The molecule has 7 nitrogen and oxygen atoms in total. The molecule has 1 heterocycles. The van der Waals surface area contributed by atoms with Crippen molar-refractivity contribution >= 4 is 35.1 Å². The summed E-state index contributed by atoms with van der Waals surface area (Å²) < 4.78 is 5.27. The number of hydrogen-bond acceptors (Lipinski definition) is 7. The first-order valence-electron chi connectivity index (χ1n) is 12.6. The predicted octanol–water partition coefficient (Wildman–Crippen LogP) is 6.40. The molecule has 0 aliphatic heterocycles. The lowest BCUT2D eigenvalue weighted by atomic mass is 9.68. The summed E-state index contributed by atoms with van der Waals surface area (Å²) in [5.74, 6) is 4.02. The molecule has 4 fully saturated rings. The molecule has 4 aliphatic rings. The normalized spacial score (nSPS) is 25.3. The van der Waals surface area contributed by atoms with Gasteiger partial charge in [-0.15, -0.1) is 0 Å². The van der Waals surface area contributed by atoms with Gasteiger partial charge in [-0.2, -0.15) is 15.0 Å². The average Bonchev–Trinajstić information content (AvgIpc) is 3.08. The fourth-order valence-corrected chi connectivity index (χ4v) is 6.02. The molecule has 2 bridgehead atoms. The van der Waals surface area contributed by atoms with Crippen LogP contribution in [0.3, 0.4) is 0 Å². The van der Waals surface area contributed by atoms with Crippen LogP contribution >= 0.6 is 11.6 Å². The number of hydrogen-bond donors (Lipinski definition) is 3. The molecule has 1 aromatic carbocycles. The number of anilines is 4. The topological polar surface area (TPSA) is 84.0 Å². The highest BCUT2D eigenvalue weighted by molar-refractivity contribution is 6.32. The molecule has 4 saturated carbocycles. The highest BCUT2D eigenvalue weighted by Gasteiger charge is 2.36. The van der Waals surface area contributed by atoms with Gasteiger partial charge in [0.25, 0.3) is 0 Å². The second-order valence-electron chi connectivity index (χ2n) is 9.88. The van der Waals surface area contributed by atoms with Crippen LogP contribution < -0.4 is 20.7 Å². The van der Waals surface area contributed by atoms with Crippen molar-refractivity contribution in [1.29, 1.82) is 0 Å². The van der Waals surface area contributed by atoms with Gasteiger partial charge in [0.1, 0.15) is 5.75 Å². The van der Waals surface area contributed by atoms with Crippen LogP contribution in [0.2, 0.25) is 5.02 Å². The summed E-state index contributed by atoms with van der Waals surface area (Å²) in [6.07, 6.45) is 14.1. The molecule has 0 amide bonds. The molecular formula is C25H35ClN6O. The zero-order valence-corrected chi connectivity index (χ0v) is 20.2. The Morgan fingerprint density at radius 1 is 0.848 bits per heavy atom. The van der Waals surface area contributed by atoms with Crippen molar-refractivity contribution in [2.24, 2.45) is 11.8 Å². The van der Waals surface area contributed by atoms with Gasteiger partial charge in [0.05, 0.1) is 12.1 Å². The minimum absolute atomic E-state index is 0.414. The number of nitrogens with zero attached hydrogens (tertiary/aromatic N) is 3. The van der Waals surface area contributed by atoms with E-state index in [0.29, 0.717) is 40.7 Å². The Morgan fingerprint density at radius 2 is 1.55 bits per heavy atom. The molecule has 8 heteroatoms. The fraction of sp³-hybridized carbons (Fsp3) is 0.640. The van der Waals surface area contributed by atoms with Crippen LogP contribution in [0.4, 0.5) is 23.5 Å². The van der Waals surface area contributed by atoms with Gasteiger partial charge in [0, 0.05) is 17.8 Å². The first-order valence-corrected chi connectivity index (χ1v) is 12.9. The van der Waals surface area contributed by atoms with Crippen LogP contribution in [-0.4, -0.2) is 34.1 Å². The summed E-state index contributed by atoms with van der Waals surface area (Å²) in [7, 11) is 1.61. The number of benzene rings is 1. The number of ether oxygens (including phenoxy) is 1. The van der Waals surface area contributed by atoms with E-state index < -0.39 is 0 Å². The molecule has 33 heavy (non-hydrogen) atoms. The number of rotatable bonds is 7. The van der Waals surface area contributed by atoms with Crippen LogP contribution in [0.1, 0.15) is 70.6 Å². The molecule has 4 aliphatic carbocycles. The van der Waals surface area contributed by atoms with Crippen molar-refractivity contribution < 1.29 is 4.74 Å². The maximum atomic E-state index is 6.32. The second kappa shape index (κ2) is 10.3. The summed E-state index contributed by atoms with van der Waals surface area (Å²) in [6, 6.07) is 6.45. The van der Waals surface area contributed by atoms with Gasteiger partial charge in [-0.25, -0.2) is 0 Å². The van der Waals surface area contributed by atoms with E-state index in [0.717, 1.165) is 30.4 Å². The monoisotopic (exact) mass is 470 g/mol. The largest absolute Gasteiger partial charge is 0.495 e. The highest BCUT2D eigenvalue weighted by Crippen LogP contribution is 2.42. The molecule has 0 saturated heterocycles. The van der Waals surface area contributed by atoms with Crippen molar-refractivity contribution in [3.05, 3.63) is 23.2 Å². The SMILES string of the molecule is COc1ccc(Nc2nc(NC3CCCCCC3)nc(NC3CC4CCC3CC4)n2)cc1Cl. The van der Waals surface area contributed by atoms with Gasteiger partial charge in [0.15, 0.2) is 0 Å². The van der Waals surface area contributed by atoms with E-state index in [4.69, 9.17) is 31.3 Å². The van der Waals surface area contributed by atoms with E-state index in [-0.39, 0.29) is 0 Å². The second-order valence-corrected chi connectivity index (χ2v) is 10.3. The number of fused-ring (bicyclic) bond motifs is 3. The molecule has 0 radical (unpaired) electrons. The Kier molecular flexibility index (Phi) is 7.04. The van der Waals surface area contributed by atoms with Crippen molar-refractivity contribution in [3.63, 3.8) is 0 Å². The number of nitrogens with one attached hydrogen (secondary N) is 3. The number of methoxy groups -OCH3 is 1. The van der Waals surface area contributed by atoms with Crippen molar-refractivity contribution in [1.82, 2.24) is 15.0 Å². The van der Waals surface area contributed by atoms with E-state index in [1.807, 2.05) is 18.2 Å². The van der Waals surface area contributed by atoms with Gasteiger partial charge in [-0.3, -0.25) is 0 Å². The van der Waals surface area contributed by atoms with Gasteiger partial charge in [0.2, 0.25) is 17.8 Å². The third-order valence-electron chi connectivity index (χ3n) is 7.59. The van der Waals surface area contributed by atoms with Gasteiger partial charge < -0.3 is 20.7 Å². The third-order valence-corrected chi connectivity index (χ3v) is 7.89. The van der Waals surface area contributed by atoms with E-state index in [1.165, 1.54) is 57.8 Å². The fourth-order valence-electron chi connectivity index (χ4n) is 5.76. The average molecular weight is 471 g/mol.